The second kappa shape index (κ2) is 5.90. The van der Waals surface area contributed by atoms with Crippen LogP contribution in [0.2, 0.25) is 10.0 Å². The molecule has 20 heavy (non-hydrogen) atoms. The van der Waals surface area contributed by atoms with Gasteiger partial charge in [-0.25, -0.2) is 4.98 Å². The smallest absolute Gasteiger partial charge is 0.187 e. The maximum absolute atomic E-state index is 6.17. The zero-order chi connectivity index (χ0) is 14.1. The molecule has 1 atom stereocenters. The number of aryl methyl sites for hydroxylation is 1. The number of thiazole rings is 1. The summed E-state index contributed by atoms with van der Waals surface area (Å²) in [5.74, 6) is 0. The molecule has 1 N–H and O–H groups in total. The van der Waals surface area contributed by atoms with E-state index in [0.717, 1.165) is 30.1 Å². The third-order valence-electron chi connectivity index (χ3n) is 3.38. The first-order valence-corrected chi connectivity index (χ1v) is 7.99. The molecule has 1 heterocycles. The molecule has 0 saturated carbocycles. The molecule has 3 rings (SSSR count). The topological polar surface area (TPSA) is 34.1 Å². The van der Waals surface area contributed by atoms with Crippen LogP contribution in [-0.4, -0.2) is 12.1 Å². The van der Waals surface area contributed by atoms with Gasteiger partial charge in [0.2, 0.25) is 0 Å². The van der Waals surface area contributed by atoms with Crippen molar-refractivity contribution in [3.8, 4) is 0 Å². The molecule has 1 aromatic heterocycles. The van der Waals surface area contributed by atoms with Crippen LogP contribution >= 0.6 is 34.5 Å². The van der Waals surface area contributed by atoms with Crippen LogP contribution in [0.5, 0.6) is 0 Å². The number of benzene rings is 1. The lowest BCUT2D eigenvalue weighted by molar-refractivity contribution is 0.0908. The minimum absolute atomic E-state index is 0.161. The van der Waals surface area contributed by atoms with Gasteiger partial charge in [-0.3, -0.25) is 0 Å². The van der Waals surface area contributed by atoms with E-state index in [1.54, 1.807) is 30.6 Å². The first-order chi connectivity index (χ1) is 9.69. The van der Waals surface area contributed by atoms with Gasteiger partial charge in [0, 0.05) is 7.11 Å². The molecule has 0 amide bonds. The van der Waals surface area contributed by atoms with Crippen LogP contribution in [0.3, 0.4) is 0 Å². The number of anilines is 2. The van der Waals surface area contributed by atoms with E-state index in [4.69, 9.17) is 27.9 Å². The molecule has 1 aliphatic carbocycles. The number of rotatable bonds is 3. The van der Waals surface area contributed by atoms with Gasteiger partial charge in [0.25, 0.3) is 0 Å². The molecule has 0 fully saturated rings. The fourth-order valence-electron chi connectivity index (χ4n) is 2.38. The molecule has 1 unspecified atom stereocenters. The predicted molar refractivity (Wildman–Crippen MR) is 84.5 cm³/mol. The van der Waals surface area contributed by atoms with E-state index in [1.165, 1.54) is 4.88 Å². The van der Waals surface area contributed by atoms with Crippen molar-refractivity contribution < 1.29 is 4.74 Å². The van der Waals surface area contributed by atoms with Crippen molar-refractivity contribution >= 4 is 45.4 Å². The number of hydrogen-bond donors (Lipinski definition) is 1. The second-order valence-corrected chi connectivity index (χ2v) is 6.51. The average molecular weight is 329 g/mol. The Hall–Kier alpha value is -0.810. The summed E-state index contributed by atoms with van der Waals surface area (Å²) in [4.78, 5) is 5.85. The molecule has 0 aliphatic heterocycles. The molecule has 0 radical (unpaired) electrons. The summed E-state index contributed by atoms with van der Waals surface area (Å²) < 4.78 is 5.52. The Balaban J connectivity index is 1.91. The lowest BCUT2D eigenvalue weighted by Gasteiger charge is -2.18. The molecule has 0 bridgehead atoms. The summed E-state index contributed by atoms with van der Waals surface area (Å²) in [6.07, 6.45) is 3.33. The lowest BCUT2D eigenvalue weighted by Crippen LogP contribution is -2.08. The molecule has 6 heteroatoms. The molecule has 2 aromatic rings. The number of methoxy groups -OCH3 is 1. The molecule has 0 saturated heterocycles. The Bertz CT molecular complexity index is 609. The van der Waals surface area contributed by atoms with Crippen LogP contribution < -0.4 is 5.32 Å². The highest BCUT2D eigenvalue weighted by atomic mass is 35.5. The highest BCUT2D eigenvalue weighted by Gasteiger charge is 2.24. The van der Waals surface area contributed by atoms with Crippen LogP contribution in [0.4, 0.5) is 10.8 Å². The molecular formula is C14H14Cl2N2OS. The standard InChI is InChI=1S/C14H14Cl2N2OS/c1-19-11-7-3-6-10-13(11)20-14(17-10)18-12-8(15)4-2-5-9(12)16/h2,4-5,11H,3,6-7H2,1H3,(H,17,18). The highest BCUT2D eigenvalue weighted by Crippen LogP contribution is 2.40. The minimum Gasteiger partial charge on any atom is -0.376 e. The van der Waals surface area contributed by atoms with Crippen molar-refractivity contribution in [2.24, 2.45) is 0 Å². The number of aromatic nitrogens is 1. The zero-order valence-corrected chi connectivity index (χ0v) is 13.3. The minimum atomic E-state index is 0.161. The van der Waals surface area contributed by atoms with Crippen LogP contribution in [-0.2, 0) is 11.2 Å². The third-order valence-corrected chi connectivity index (χ3v) is 5.11. The highest BCUT2D eigenvalue weighted by molar-refractivity contribution is 7.15. The lowest BCUT2D eigenvalue weighted by atomic mass is 10.0. The Labute approximate surface area is 131 Å². The first kappa shape index (κ1) is 14.1. The van der Waals surface area contributed by atoms with E-state index in [-0.39, 0.29) is 6.10 Å². The SMILES string of the molecule is COC1CCCc2nc(Nc3c(Cl)cccc3Cl)sc21. The van der Waals surface area contributed by atoms with Gasteiger partial charge in [-0.15, -0.1) is 0 Å². The summed E-state index contributed by atoms with van der Waals surface area (Å²) in [6.45, 7) is 0. The molecular weight excluding hydrogens is 315 g/mol. The quantitative estimate of drug-likeness (QED) is 0.838. The zero-order valence-electron chi connectivity index (χ0n) is 11.0. The third kappa shape index (κ3) is 2.66. The fraction of sp³-hybridized carbons (Fsp3) is 0.357. The number of nitrogens with one attached hydrogen (secondary N) is 1. The second-order valence-electron chi connectivity index (χ2n) is 4.67. The largest absolute Gasteiger partial charge is 0.376 e. The van der Waals surface area contributed by atoms with Gasteiger partial charge in [0.15, 0.2) is 5.13 Å². The number of hydrogen-bond acceptors (Lipinski definition) is 4. The van der Waals surface area contributed by atoms with E-state index in [9.17, 15) is 0 Å². The van der Waals surface area contributed by atoms with Crippen molar-refractivity contribution in [3.05, 3.63) is 38.8 Å². The monoisotopic (exact) mass is 328 g/mol. The number of fused-ring (bicyclic) bond motifs is 1. The molecule has 1 aromatic carbocycles. The number of halogens is 2. The van der Waals surface area contributed by atoms with Gasteiger partial charge in [0.1, 0.15) is 0 Å². The van der Waals surface area contributed by atoms with Crippen molar-refractivity contribution in [1.82, 2.24) is 4.98 Å². The van der Waals surface area contributed by atoms with Gasteiger partial charge in [0.05, 0.1) is 32.4 Å². The van der Waals surface area contributed by atoms with Gasteiger partial charge in [-0.1, -0.05) is 40.6 Å². The summed E-state index contributed by atoms with van der Waals surface area (Å²) >= 11 is 14.0. The summed E-state index contributed by atoms with van der Waals surface area (Å²) in [6, 6.07) is 5.44. The maximum atomic E-state index is 6.17. The van der Waals surface area contributed by atoms with E-state index in [1.807, 2.05) is 6.07 Å². The Kier molecular flexibility index (Phi) is 4.17. The number of para-hydroxylation sites is 1. The normalized spacial score (nSPS) is 17.9. The maximum Gasteiger partial charge on any atom is 0.187 e. The van der Waals surface area contributed by atoms with Crippen molar-refractivity contribution in [2.75, 3.05) is 12.4 Å². The molecule has 106 valence electrons. The van der Waals surface area contributed by atoms with Crippen molar-refractivity contribution in [2.45, 2.75) is 25.4 Å². The summed E-state index contributed by atoms with van der Waals surface area (Å²) in [5.41, 5.74) is 1.83. The Morgan fingerprint density at radius 2 is 2.10 bits per heavy atom. The molecule has 3 nitrogen and oxygen atoms in total. The van der Waals surface area contributed by atoms with E-state index >= 15 is 0 Å². The predicted octanol–water partition coefficient (Wildman–Crippen LogP) is 5.22. The summed E-state index contributed by atoms with van der Waals surface area (Å²) in [7, 11) is 1.75. The van der Waals surface area contributed by atoms with Crippen molar-refractivity contribution in [3.63, 3.8) is 0 Å². The van der Waals surface area contributed by atoms with Crippen LogP contribution in [0.1, 0.15) is 29.5 Å². The number of nitrogens with zero attached hydrogens (tertiary/aromatic N) is 1. The van der Waals surface area contributed by atoms with E-state index < -0.39 is 0 Å². The Morgan fingerprint density at radius 1 is 1.35 bits per heavy atom. The molecule has 0 spiro atoms. The van der Waals surface area contributed by atoms with Gasteiger partial charge >= 0.3 is 0 Å². The van der Waals surface area contributed by atoms with Crippen LogP contribution in [0, 0.1) is 0 Å². The number of ether oxygens (including phenoxy) is 1. The van der Waals surface area contributed by atoms with Gasteiger partial charge < -0.3 is 10.1 Å². The molecule has 1 aliphatic rings. The van der Waals surface area contributed by atoms with Crippen LogP contribution in [0.25, 0.3) is 0 Å². The van der Waals surface area contributed by atoms with Gasteiger partial charge in [-0.05, 0) is 31.4 Å². The van der Waals surface area contributed by atoms with Crippen LogP contribution in [0.15, 0.2) is 18.2 Å². The van der Waals surface area contributed by atoms with Gasteiger partial charge in [-0.2, -0.15) is 0 Å². The fourth-order valence-corrected chi connectivity index (χ4v) is 4.00. The van der Waals surface area contributed by atoms with E-state index in [0.29, 0.717) is 15.7 Å². The summed E-state index contributed by atoms with van der Waals surface area (Å²) in [5, 5.41) is 5.23. The first-order valence-electron chi connectivity index (χ1n) is 6.42. The average Bonchev–Trinajstić information content (AvgIpc) is 2.85. The van der Waals surface area contributed by atoms with Crippen molar-refractivity contribution in [1.29, 1.82) is 0 Å². The van der Waals surface area contributed by atoms with E-state index in [2.05, 4.69) is 10.3 Å². The Morgan fingerprint density at radius 3 is 2.80 bits per heavy atom.